The molecule has 4 rings (SSSR count). The van der Waals surface area contributed by atoms with Gasteiger partial charge in [-0.2, -0.15) is 0 Å². The van der Waals surface area contributed by atoms with Crippen LogP contribution in [-0.2, 0) is 7.05 Å². The lowest BCUT2D eigenvalue weighted by Crippen LogP contribution is -2.26. The molecule has 0 saturated carbocycles. The van der Waals surface area contributed by atoms with Crippen molar-refractivity contribution in [3.05, 3.63) is 76.1 Å². The average Bonchev–Trinajstić information content (AvgIpc) is 2.65. The molecule has 2 aromatic carbocycles. The van der Waals surface area contributed by atoms with Crippen molar-refractivity contribution in [3.63, 3.8) is 0 Å². The summed E-state index contributed by atoms with van der Waals surface area (Å²) in [7, 11) is 1.79. The second-order valence-electron chi connectivity index (χ2n) is 6.18. The molecule has 0 spiro atoms. The Bertz CT molecular complexity index is 1050. The van der Waals surface area contributed by atoms with Crippen molar-refractivity contribution in [2.24, 2.45) is 7.05 Å². The summed E-state index contributed by atoms with van der Waals surface area (Å²) in [4.78, 5) is 12.9. The molecule has 0 amide bonds. The third-order valence-corrected chi connectivity index (χ3v) is 4.61. The second kappa shape index (κ2) is 6.13. The highest BCUT2D eigenvalue weighted by molar-refractivity contribution is 5.91. The number of rotatable bonds is 3. The quantitative estimate of drug-likeness (QED) is 0.734. The topological polar surface area (TPSA) is 40.5 Å². The second-order valence-corrected chi connectivity index (χ2v) is 6.18. The van der Waals surface area contributed by atoms with Crippen LogP contribution in [0.1, 0.15) is 11.1 Å². The molecular weight excluding hydrogens is 314 g/mol. The number of aromatic nitrogens is 1. The van der Waals surface area contributed by atoms with Crippen molar-refractivity contribution in [1.82, 2.24) is 4.57 Å². The Morgan fingerprint density at radius 3 is 2.72 bits per heavy atom. The molecule has 1 aliphatic heterocycles. The molecule has 1 aliphatic rings. The Morgan fingerprint density at radius 2 is 1.88 bits per heavy atom. The normalized spacial score (nSPS) is 13.1. The molecule has 25 heavy (non-hydrogen) atoms. The molecule has 0 unspecified atom stereocenters. The molecule has 0 saturated heterocycles. The number of fused-ring (bicyclic) bond motifs is 3. The number of ether oxygens (including phenoxy) is 2. The van der Waals surface area contributed by atoms with Crippen LogP contribution in [0.3, 0.4) is 0 Å². The van der Waals surface area contributed by atoms with Gasteiger partial charge in [0, 0.05) is 18.0 Å². The van der Waals surface area contributed by atoms with Gasteiger partial charge in [0.2, 0.25) is 0 Å². The van der Waals surface area contributed by atoms with E-state index < -0.39 is 0 Å². The predicted octanol–water partition coefficient (Wildman–Crippen LogP) is 3.70. The predicted molar refractivity (Wildman–Crippen MR) is 99.3 cm³/mol. The molecule has 1 aromatic heterocycles. The minimum atomic E-state index is -0.0620. The molecule has 4 heteroatoms. The van der Waals surface area contributed by atoms with Gasteiger partial charge in [-0.15, -0.1) is 0 Å². The Balaban J connectivity index is 1.78. The van der Waals surface area contributed by atoms with Gasteiger partial charge in [0.1, 0.15) is 24.7 Å². The molecule has 0 atom stereocenters. The first-order valence-electron chi connectivity index (χ1n) is 8.29. The van der Waals surface area contributed by atoms with E-state index in [1.165, 1.54) is 0 Å². The zero-order valence-electron chi connectivity index (χ0n) is 14.3. The minimum absolute atomic E-state index is 0.0620. The summed E-state index contributed by atoms with van der Waals surface area (Å²) >= 11 is 0. The maximum absolute atomic E-state index is 12.9. The van der Waals surface area contributed by atoms with E-state index in [0.29, 0.717) is 24.5 Å². The van der Waals surface area contributed by atoms with Crippen LogP contribution in [-0.4, -0.2) is 17.8 Å². The Hall–Kier alpha value is -3.01. The summed E-state index contributed by atoms with van der Waals surface area (Å²) in [6.07, 6.45) is 1.93. The van der Waals surface area contributed by atoms with E-state index in [1.807, 2.05) is 61.5 Å². The van der Waals surface area contributed by atoms with Crippen LogP contribution in [0, 0.1) is 6.92 Å². The van der Waals surface area contributed by atoms with Crippen LogP contribution in [0.25, 0.3) is 16.5 Å². The fraction of sp³-hybridized carbons (Fsp3) is 0.190. The highest BCUT2D eigenvalue weighted by Crippen LogP contribution is 2.34. The summed E-state index contributed by atoms with van der Waals surface area (Å²) in [5.41, 5.74) is 3.35. The number of aryl methyl sites for hydroxylation is 2. The van der Waals surface area contributed by atoms with E-state index in [1.54, 1.807) is 11.6 Å². The molecule has 4 nitrogen and oxygen atoms in total. The van der Waals surface area contributed by atoms with Crippen molar-refractivity contribution in [2.75, 3.05) is 13.2 Å². The van der Waals surface area contributed by atoms with Crippen molar-refractivity contribution in [1.29, 1.82) is 0 Å². The monoisotopic (exact) mass is 333 g/mol. The van der Waals surface area contributed by atoms with Crippen LogP contribution in [0.4, 0.5) is 0 Å². The van der Waals surface area contributed by atoms with Crippen LogP contribution in [0.5, 0.6) is 11.5 Å². The summed E-state index contributed by atoms with van der Waals surface area (Å²) < 4.78 is 13.5. The van der Waals surface area contributed by atoms with Crippen LogP contribution < -0.4 is 15.0 Å². The van der Waals surface area contributed by atoms with E-state index in [4.69, 9.17) is 9.47 Å². The van der Waals surface area contributed by atoms with Gasteiger partial charge in [-0.1, -0.05) is 30.3 Å². The third-order valence-electron chi connectivity index (χ3n) is 4.61. The van der Waals surface area contributed by atoms with Gasteiger partial charge in [-0.05, 0) is 36.8 Å². The van der Waals surface area contributed by atoms with Crippen LogP contribution in [0.2, 0.25) is 0 Å². The highest BCUT2D eigenvalue weighted by atomic mass is 16.5. The van der Waals surface area contributed by atoms with Crippen molar-refractivity contribution >= 4 is 16.5 Å². The first-order chi connectivity index (χ1) is 12.2. The standard InChI is InChI=1S/C21H19NO3/c1-14-7-3-6-10-18(14)25-13-15-11-12-24-20-16-8-4-5-9-17(16)22(2)21(23)19(15)20/h3-11H,12-13H2,1-2H3. The number of hydrogen-bond acceptors (Lipinski definition) is 3. The molecular formula is C21H19NO3. The van der Waals surface area contributed by atoms with Gasteiger partial charge < -0.3 is 14.0 Å². The smallest absolute Gasteiger partial charge is 0.262 e. The number of hydrogen-bond donors (Lipinski definition) is 0. The molecule has 0 radical (unpaired) electrons. The van der Waals surface area contributed by atoms with E-state index in [9.17, 15) is 4.79 Å². The summed E-state index contributed by atoms with van der Waals surface area (Å²) in [5.74, 6) is 1.48. The van der Waals surface area contributed by atoms with E-state index in [-0.39, 0.29) is 5.56 Å². The molecule has 2 heterocycles. The summed E-state index contributed by atoms with van der Waals surface area (Å²) in [6.45, 7) is 2.79. The Labute approximate surface area is 145 Å². The maximum Gasteiger partial charge on any atom is 0.262 e. The van der Waals surface area contributed by atoms with Crippen molar-refractivity contribution in [2.45, 2.75) is 6.92 Å². The summed E-state index contributed by atoms with van der Waals surface area (Å²) in [6, 6.07) is 15.7. The SMILES string of the molecule is Cc1ccccc1OCC1=CCOc2c1c(=O)n(C)c1ccccc21. The van der Waals surface area contributed by atoms with Gasteiger partial charge in [0.05, 0.1) is 11.1 Å². The lowest BCUT2D eigenvalue weighted by Gasteiger charge is -2.22. The number of pyridine rings is 1. The zero-order chi connectivity index (χ0) is 17.4. The fourth-order valence-corrected chi connectivity index (χ4v) is 3.23. The molecule has 0 N–H and O–H groups in total. The molecule has 0 bridgehead atoms. The largest absolute Gasteiger partial charge is 0.489 e. The van der Waals surface area contributed by atoms with Gasteiger partial charge in [0.25, 0.3) is 5.56 Å². The van der Waals surface area contributed by atoms with Gasteiger partial charge in [-0.25, -0.2) is 0 Å². The molecule has 0 fully saturated rings. The molecule has 0 aliphatic carbocycles. The van der Waals surface area contributed by atoms with Crippen LogP contribution in [0.15, 0.2) is 59.4 Å². The number of benzene rings is 2. The first-order valence-corrected chi connectivity index (χ1v) is 8.29. The Kier molecular flexibility index (Phi) is 3.80. The minimum Gasteiger partial charge on any atom is -0.489 e. The lowest BCUT2D eigenvalue weighted by atomic mass is 10.0. The molecule has 3 aromatic rings. The van der Waals surface area contributed by atoms with E-state index in [0.717, 1.165) is 27.8 Å². The Morgan fingerprint density at radius 1 is 1.12 bits per heavy atom. The van der Waals surface area contributed by atoms with Gasteiger partial charge in [0.15, 0.2) is 0 Å². The maximum atomic E-state index is 12.9. The average molecular weight is 333 g/mol. The fourth-order valence-electron chi connectivity index (χ4n) is 3.23. The first kappa shape index (κ1) is 15.5. The number of nitrogens with zero attached hydrogens (tertiary/aromatic N) is 1. The van der Waals surface area contributed by atoms with Crippen molar-refractivity contribution in [3.8, 4) is 11.5 Å². The van der Waals surface area contributed by atoms with Crippen LogP contribution >= 0.6 is 0 Å². The van der Waals surface area contributed by atoms with Gasteiger partial charge in [-0.3, -0.25) is 4.79 Å². The third kappa shape index (κ3) is 2.60. The number of para-hydroxylation sites is 2. The lowest BCUT2D eigenvalue weighted by molar-refractivity contribution is 0.343. The van der Waals surface area contributed by atoms with E-state index >= 15 is 0 Å². The van der Waals surface area contributed by atoms with E-state index in [2.05, 4.69) is 0 Å². The van der Waals surface area contributed by atoms with Crippen molar-refractivity contribution < 1.29 is 9.47 Å². The summed E-state index contributed by atoms with van der Waals surface area (Å²) in [5, 5.41) is 0.945. The molecule has 126 valence electrons. The van der Waals surface area contributed by atoms with Gasteiger partial charge >= 0.3 is 0 Å². The zero-order valence-corrected chi connectivity index (χ0v) is 14.3. The highest BCUT2D eigenvalue weighted by Gasteiger charge is 2.23.